The minimum atomic E-state index is -3.56. The summed E-state index contributed by atoms with van der Waals surface area (Å²) in [7, 11) is -3.56. The minimum Gasteiger partial charge on any atom is -0.341 e. The summed E-state index contributed by atoms with van der Waals surface area (Å²) in [5.41, 5.74) is 0.632. The molecule has 0 saturated carbocycles. The van der Waals surface area contributed by atoms with Gasteiger partial charge in [0.1, 0.15) is 0 Å². The highest BCUT2D eigenvalue weighted by molar-refractivity contribution is 7.88. The lowest BCUT2D eigenvalue weighted by Crippen LogP contribution is -2.46. The number of rotatable bonds is 5. The molecule has 21 heavy (non-hydrogen) atoms. The number of carbonyl (C=O) groups excluding carboxylic acids is 1. The van der Waals surface area contributed by atoms with Gasteiger partial charge in [0.2, 0.25) is 15.9 Å². The first-order valence-corrected chi connectivity index (χ1v) is 8.94. The van der Waals surface area contributed by atoms with Gasteiger partial charge in [0, 0.05) is 18.1 Å². The summed E-state index contributed by atoms with van der Waals surface area (Å²) in [5, 5.41) is 0.557. The number of halogens is 1. The van der Waals surface area contributed by atoms with Crippen molar-refractivity contribution in [2.45, 2.75) is 31.6 Å². The molecule has 1 aromatic carbocycles. The van der Waals surface area contributed by atoms with Gasteiger partial charge in [-0.2, -0.15) is 0 Å². The molecule has 1 heterocycles. The van der Waals surface area contributed by atoms with Crippen molar-refractivity contribution < 1.29 is 13.2 Å². The van der Waals surface area contributed by atoms with Gasteiger partial charge in [0.05, 0.1) is 11.8 Å². The molecule has 0 bridgehead atoms. The highest BCUT2D eigenvalue weighted by Gasteiger charge is 2.26. The molecule has 1 aliphatic rings. The quantitative estimate of drug-likeness (QED) is 0.894. The van der Waals surface area contributed by atoms with Gasteiger partial charge in [-0.1, -0.05) is 23.7 Å². The van der Waals surface area contributed by atoms with Gasteiger partial charge in [0.15, 0.2) is 0 Å². The van der Waals surface area contributed by atoms with Crippen LogP contribution in [0.15, 0.2) is 24.3 Å². The fourth-order valence-corrected chi connectivity index (χ4v) is 3.85. The molecular formula is C14H19ClN2O3S. The number of nitrogens with one attached hydrogen (secondary N) is 1. The van der Waals surface area contributed by atoms with Crippen molar-refractivity contribution in [1.29, 1.82) is 0 Å². The topological polar surface area (TPSA) is 66.5 Å². The normalized spacial score (nSPS) is 17.0. The average Bonchev–Trinajstić information content (AvgIpc) is 2.93. The first-order valence-electron chi connectivity index (χ1n) is 6.90. The third-order valence-corrected chi connectivity index (χ3v) is 5.09. The lowest BCUT2D eigenvalue weighted by molar-refractivity contribution is -0.131. The van der Waals surface area contributed by atoms with Gasteiger partial charge in [0.25, 0.3) is 0 Å². The van der Waals surface area contributed by atoms with Gasteiger partial charge in [-0.25, -0.2) is 13.1 Å². The van der Waals surface area contributed by atoms with E-state index in [1.807, 2.05) is 0 Å². The Kier molecular flexibility index (Phi) is 5.24. The summed E-state index contributed by atoms with van der Waals surface area (Å²) in [5.74, 6) is -0.325. The predicted octanol–water partition coefficient (Wildman–Crippen LogP) is 1.77. The zero-order valence-corrected chi connectivity index (χ0v) is 13.5. The van der Waals surface area contributed by atoms with Crippen LogP contribution in [0, 0.1) is 0 Å². The Morgan fingerprint density at radius 1 is 1.29 bits per heavy atom. The second-order valence-corrected chi connectivity index (χ2v) is 7.45. The third kappa shape index (κ3) is 4.69. The molecule has 0 aromatic heterocycles. The molecule has 0 radical (unpaired) electrons. The van der Waals surface area contributed by atoms with E-state index >= 15 is 0 Å². The van der Waals surface area contributed by atoms with Crippen LogP contribution in [0.25, 0.3) is 0 Å². The van der Waals surface area contributed by atoms with E-state index in [0.717, 1.165) is 12.8 Å². The van der Waals surface area contributed by atoms with E-state index in [9.17, 15) is 13.2 Å². The van der Waals surface area contributed by atoms with E-state index in [0.29, 0.717) is 23.7 Å². The van der Waals surface area contributed by atoms with Gasteiger partial charge in [-0.05, 0) is 37.5 Å². The Bertz CT molecular complexity index is 595. The minimum absolute atomic E-state index is 0.160. The summed E-state index contributed by atoms with van der Waals surface area (Å²) in [6.45, 7) is 3.00. The highest BCUT2D eigenvalue weighted by atomic mass is 35.5. The van der Waals surface area contributed by atoms with Gasteiger partial charge < -0.3 is 4.90 Å². The van der Waals surface area contributed by atoms with Crippen LogP contribution < -0.4 is 4.72 Å². The van der Waals surface area contributed by atoms with Crippen molar-refractivity contribution in [3.63, 3.8) is 0 Å². The monoisotopic (exact) mass is 330 g/mol. The van der Waals surface area contributed by atoms with Crippen LogP contribution in [-0.2, 0) is 20.6 Å². The number of hydrogen-bond acceptors (Lipinski definition) is 3. The predicted molar refractivity (Wildman–Crippen MR) is 82.5 cm³/mol. The van der Waals surface area contributed by atoms with E-state index in [-0.39, 0.29) is 11.7 Å². The zero-order valence-electron chi connectivity index (χ0n) is 11.9. The molecule has 1 amide bonds. The Labute approximate surface area is 130 Å². The zero-order chi connectivity index (χ0) is 15.5. The molecule has 0 spiro atoms. The highest BCUT2D eigenvalue weighted by Crippen LogP contribution is 2.13. The molecule has 1 aromatic rings. The summed E-state index contributed by atoms with van der Waals surface area (Å²) >= 11 is 5.77. The number of likely N-dealkylation sites (tertiary alicyclic amines) is 1. The van der Waals surface area contributed by atoms with Gasteiger partial charge in [-0.15, -0.1) is 0 Å². The molecule has 1 atom stereocenters. The molecular weight excluding hydrogens is 312 g/mol. The molecule has 2 rings (SSSR count). The Balaban J connectivity index is 1.96. The van der Waals surface area contributed by atoms with Crippen molar-refractivity contribution >= 4 is 27.5 Å². The van der Waals surface area contributed by atoms with Crippen molar-refractivity contribution in [3.05, 3.63) is 34.9 Å². The SMILES string of the molecule is C[C@H](NS(=O)(=O)Cc1ccc(Cl)cc1)C(=O)N1CCCC1. The number of nitrogens with zero attached hydrogens (tertiary/aromatic N) is 1. The molecule has 0 unspecified atom stereocenters. The molecule has 0 aliphatic carbocycles. The molecule has 1 saturated heterocycles. The summed E-state index contributed by atoms with van der Waals surface area (Å²) < 4.78 is 26.6. The smallest absolute Gasteiger partial charge is 0.240 e. The fraction of sp³-hybridized carbons (Fsp3) is 0.500. The van der Waals surface area contributed by atoms with Gasteiger partial charge >= 0.3 is 0 Å². The number of hydrogen-bond donors (Lipinski definition) is 1. The van der Waals surface area contributed by atoms with Crippen molar-refractivity contribution in [2.75, 3.05) is 13.1 Å². The van der Waals surface area contributed by atoms with E-state index in [1.54, 1.807) is 36.1 Å². The third-order valence-electron chi connectivity index (χ3n) is 3.41. The number of amides is 1. The lowest BCUT2D eigenvalue weighted by atomic mass is 10.2. The largest absolute Gasteiger partial charge is 0.341 e. The van der Waals surface area contributed by atoms with E-state index in [1.165, 1.54) is 0 Å². The number of carbonyl (C=O) groups is 1. The van der Waals surface area contributed by atoms with Crippen molar-refractivity contribution in [3.8, 4) is 0 Å². The molecule has 116 valence electrons. The Hall–Kier alpha value is -1.11. The fourth-order valence-electron chi connectivity index (χ4n) is 2.37. The average molecular weight is 331 g/mol. The van der Waals surface area contributed by atoms with Gasteiger partial charge in [-0.3, -0.25) is 4.79 Å². The Morgan fingerprint density at radius 2 is 1.86 bits per heavy atom. The van der Waals surface area contributed by atoms with Crippen LogP contribution >= 0.6 is 11.6 Å². The van der Waals surface area contributed by atoms with E-state index in [2.05, 4.69) is 4.72 Å². The maximum atomic E-state index is 12.1. The van der Waals surface area contributed by atoms with Crippen molar-refractivity contribution in [1.82, 2.24) is 9.62 Å². The standard InChI is InChI=1S/C14H19ClN2O3S/c1-11(14(18)17-8-2-3-9-17)16-21(19,20)10-12-4-6-13(15)7-5-12/h4-7,11,16H,2-3,8-10H2,1H3/t11-/m0/s1. The first-order chi connectivity index (χ1) is 9.87. The van der Waals surface area contributed by atoms with Crippen LogP contribution in [0.3, 0.4) is 0 Å². The summed E-state index contributed by atoms with van der Waals surface area (Å²) in [6.07, 6.45) is 1.96. The van der Waals surface area contributed by atoms with Crippen LogP contribution in [-0.4, -0.2) is 38.4 Å². The van der Waals surface area contributed by atoms with E-state index < -0.39 is 16.1 Å². The molecule has 1 N–H and O–H groups in total. The molecule has 5 nitrogen and oxygen atoms in total. The van der Waals surface area contributed by atoms with Crippen LogP contribution in [0.5, 0.6) is 0 Å². The number of sulfonamides is 1. The summed E-state index contributed by atoms with van der Waals surface area (Å²) in [4.78, 5) is 13.8. The Morgan fingerprint density at radius 3 is 2.43 bits per heavy atom. The maximum absolute atomic E-state index is 12.1. The maximum Gasteiger partial charge on any atom is 0.240 e. The second-order valence-electron chi connectivity index (χ2n) is 5.26. The molecule has 7 heteroatoms. The number of benzene rings is 1. The first kappa shape index (κ1) is 16.3. The van der Waals surface area contributed by atoms with Crippen LogP contribution in [0.1, 0.15) is 25.3 Å². The lowest BCUT2D eigenvalue weighted by Gasteiger charge is -2.21. The molecule has 1 aliphatic heterocycles. The van der Waals surface area contributed by atoms with Crippen molar-refractivity contribution in [2.24, 2.45) is 0 Å². The molecule has 1 fully saturated rings. The summed E-state index contributed by atoms with van der Waals surface area (Å²) in [6, 6.07) is 5.87. The van der Waals surface area contributed by atoms with Crippen LogP contribution in [0.2, 0.25) is 5.02 Å². The van der Waals surface area contributed by atoms with Crippen LogP contribution in [0.4, 0.5) is 0 Å². The second kappa shape index (κ2) is 6.77. The van der Waals surface area contributed by atoms with E-state index in [4.69, 9.17) is 11.6 Å².